The highest BCUT2D eigenvalue weighted by molar-refractivity contribution is 5.94. The standard InChI is InChI=1S/C29H24N8O4/c30-35-25(38)19-11-15-23(16-12-19)40-28-32-27(37(21-7-3-1-4-8-21)22-9-5-2-6-10-22)33-29(34-28)41-24-17-13-20(14-18-24)26(39)36-31/h1-18H,30-31H2,(H,35,38)(H,36,39). The summed E-state index contributed by atoms with van der Waals surface area (Å²) in [6, 6.07) is 31.5. The van der Waals surface area contributed by atoms with Gasteiger partial charge in [-0.15, -0.1) is 4.98 Å². The molecule has 204 valence electrons. The molecule has 0 saturated heterocycles. The summed E-state index contributed by atoms with van der Waals surface area (Å²) in [4.78, 5) is 38.9. The third-order valence-corrected chi connectivity index (χ3v) is 5.72. The summed E-state index contributed by atoms with van der Waals surface area (Å²) in [5, 5.41) is 0. The fourth-order valence-corrected chi connectivity index (χ4v) is 3.78. The second kappa shape index (κ2) is 12.3. The van der Waals surface area contributed by atoms with E-state index < -0.39 is 11.8 Å². The van der Waals surface area contributed by atoms with Crippen molar-refractivity contribution in [2.75, 3.05) is 4.90 Å². The van der Waals surface area contributed by atoms with Gasteiger partial charge in [0.05, 0.1) is 0 Å². The summed E-state index contributed by atoms with van der Waals surface area (Å²) in [5.74, 6) is 10.5. The van der Waals surface area contributed by atoms with Crippen LogP contribution in [0, 0.1) is 0 Å². The Bertz CT molecular complexity index is 1510. The van der Waals surface area contributed by atoms with Crippen molar-refractivity contribution in [2.24, 2.45) is 11.7 Å². The first-order valence-corrected chi connectivity index (χ1v) is 12.3. The molecule has 4 aromatic carbocycles. The largest absolute Gasteiger partial charge is 0.424 e. The molecule has 12 heteroatoms. The molecule has 0 saturated carbocycles. The molecule has 0 aliphatic heterocycles. The van der Waals surface area contributed by atoms with Gasteiger partial charge in [-0.2, -0.15) is 9.97 Å². The molecule has 5 rings (SSSR count). The zero-order chi connectivity index (χ0) is 28.6. The molecule has 0 radical (unpaired) electrons. The van der Waals surface area contributed by atoms with Gasteiger partial charge in [-0.1, -0.05) is 36.4 Å². The third kappa shape index (κ3) is 6.42. The van der Waals surface area contributed by atoms with Crippen molar-refractivity contribution in [1.82, 2.24) is 25.8 Å². The Balaban J connectivity index is 1.55. The van der Waals surface area contributed by atoms with Gasteiger partial charge in [-0.25, -0.2) is 11.7 Å². The number of amides is 2. The van der Waals surface area contributed by atoms with Gasteiger partial charge >= 0.3 is 12.0 Å². The number of para-hydroxylation sites is 2. The van der Waals surface area contributed by atoms with E-state index in [1.165, 1.54) is 0 Å². The van der Waals surface area contributed by atoms with Crippen LogP contribution in [0.25, 0.3) is 0 Å². The zero-order valence-electron chi connectivity index (χ0n) is 21.5. The topological polar surface area (TPSA) is 171 Å². The molecule has 0 aliphatic carbocycles. The normalized spacial score (nSPS) is 10.4. The van der Waals surface area contributed by atoms with E-state index in [9.17, 15) is 9.59 Å². The van der Waals surface area contributed by atoms with Crippen molar-refractivity contribution < 1.29 is 19.1 Å². The monoisotopic (exact) mass is 548 g/mol. The number of nitrogens with zero attached hydrogens (tertiary/aromatic N) is 4. The highest BCUT2D eigenvalue weighted by Gasteiger charge is 2.20. The molecular weight excluding hydrogens is 524 g/mol. The Hall–Kier alpha value is -5.85. The van der Waals surface area contributed by atoms with Crippen LogP contribution in [0.5, 0.6) is 23.5 Å². The third-order valence-electron chi connectivity index (χ3n) is 5.72. The lowest BCUT2D eigenvalue weighted by Crippen LogP contribution is -2.29. The number of carbonyl (C=O) groups excluding carboxylic acids is 2. The van der Waals surface area contributed by atoms with Crippen molar-refractivity contribution in [3.63, 3.8) is 0 Å². The summed E-state index contributed by atoms with van der Waals surface area (Å²) >= 11 is 0. The molecule has 6 N–H and O–H groups in total. The number of hydrogen-bond donors (Lipinski definition) is 4. The van der Waals surface area contributed by atoms with E-state index in [1.807, 2.05) is 65.6 Å². The molecule has 41 heavy (non-hydrogen) atoms. The Morgan fingerprint density at radius 3 is 1.32 bits per heavy atom. The van der Waals surface area contributed by atoms with Crippen molar-refractivity contribution in [1.29, 1.82) is 0 Å². The van der Waals surface area contributed by atoms with Gasteiger partial charge in [0.1, 0.15) is 11.5 Å². The summed E-state index contributed by atoms with van der Waals surface area (Å²) < 4.78 is 11.9. The van der Waals surface area contributed by atoms with Crippen LogP contribution in [0.4, 0.5) is 17.3 Å². The maximum atomic E-state index is 11.8. The van der Waals surface area contributed by atoms with Crippen LogP contribution in [-0.4, -0.2) is 26.8 Å². The van der Waals surface area contributed by atoms with Crippen molar-refractivity contribution in [2.45, 2.75) is 0 Å². The Labute approximate surface area is 234 Å². The number of hydrogen-bond acceptors (Lipinski definition) is 10. The summed E-state index contributed by atoms with van der Waals surface area (Å²) in [5.41, 5.74) is 6.45. The predicted molar refractivity (Wildman–Crippen MR) is 151 cm³/mol. The van der Waals surface area contributed by atoms with Crippen molar-refractivity contribution in [3.8, 4) is 23.5 Å². The Morgan fingerprint density at radius 1 is 0.561 bits per heavy atom. The van der Waals surface area contributed by atoms with E-state index in [2.05, 4.69) is 25.8 Å². The number of ether oxygens (including phenoxy) is 2. The maximum Gasteiger partial charge on any atom is 0.330 e. The number of anilines is 3. The minimum absolute atomic E-state index is 0.0583. The summed E-state index contributed by atoms with van der Waals surface area (Å²) in [7, 11) is 0. The molecule has 0 aliphatic rings. The Kier molecular flexibility index (Phi) is 8.05. The minimum atomic E-state index is -0.439. The average Bonchev–Trinajstić information content (AvgIpc) is 3.02. The van der Waals surface area contributed by atoms with E-state index in [0.717, 1.165) is 11.4 Å². The van der Waals surface area contributed by atoms with Gasteiger partial charge in [0.2, 0.25) is 5.95 Å². The first kappa shape index (κ1) is 26.7. The lowest BCUT2D eigenvalue weighted by atomic mass is 10.2. The van der Waals surface area contributed by atoms with Gasteiger partial charge in [0.25, 0.3) is 11.8 Å². The quantitative estimate of drug-likeness (QED) is 0.119. The highest BCUT2D eigenvalue weighted by atomic mass is 16.5. The van der Waals surface area contributed by atoms with Gasteiger partial charge in [-0.05, 0) is 72.8 Å². The van der Waals surface area contributed by atoms with Gasteiger partial charge in [-0.3, -0.25) is 25.3 Å². The lowest BCUT2D eigenvalue weighted by Gasteiger charge is -2.23. The van der Waals surface area contributed by atoms with Crippen molar-refractivity contribution >= 4 is 29.1 Å². The molecule has 12 nitrogen and oxygen atoms in total. The van der Waals surface area contributed by atoms with E-state index in [-0.39, 0.29) is 18.0 Å². The molecule has 5 aromatic rings. The first-order valence-electron chi connectivity index (χ1n) is 12.3. The zero-order valence-corrected chi connectivity index (χ0v) is 21.5. The van der Waals surface area contributed by atoms with Crippen LogP contribution in [0.15, 0.2) is 109 Å². The van der Waals surface area contributed by atoms with Gasteiger partial charge in [0.15, 0.2) is 0 Å². The number of hydrazine groups is 2. The number of aromatic nitrogens is 3. The number of nitrogen functional groups attached to an aromatic ring is 2. The van der Waals surface area contributed by atoms with Crippen LogP contribution in [0.1, 0.15) is 20.7 Å². The number of carbonyl (C=O) groups is 2. The smallest absolute Gasteiger partial charge is 0.330 e. The number of nitrogens with one attached hydrogen (secondary N) is 2. The highest BCUT2D eigenvalue weighted by Crippen LogP contribution is 2.34. The molecule has 2 amide bonds. The maximum absolute atomic E-state index is 11.8. The molecule has 0 spiro atoms. The molecule has 0 atom stereocenters. The molecular formula is C29H24N8O4. The van der Waals surface area contributed by atoms with Crippen LogP contribution in [-0.2, 0) is 0 Å². The number of rotatable bonds is 9. The minimum Gasteiger partial charge on any atom is -0.424 e. The second-order valence-electron chi connectivity index (χ2n) is 8.41. The van der Waals surface area contributed by atoms with Crippen LogP contribution in [0.3, 0.4) is 0 Å². The number of benzene rings is 4. The Morgan fingerprint density at radius 2 is 0.951 bits per heavy atom. The van der Waals surface area contributed by atoms with Gasteiger partial charge < -0.3 is 9.47 Å². The van der Waals surface area contributed by atoms with E-state index in [0.29, 0.717) is 22.6 Å². The summed E-state index contributed by atoms with van der Waals surface area (Å²) in [6.07, 6.45) is 0. The van der Waals surface area contributed by atoms with E-state index in [4.69, 9.17) is 21.2 Å². The van der Waals surface area contributed by atoms with Crippen LogP contribution < -0.4 is 36.9 Å². The van der Waals surface area contributed by atoms with Gasteiger partial charge in [0, 0.05) is 22.5 Å². The number of nitrogens with two attached hydrogens (primary N) is 2. The molecule has 0 unspecified atom stereocenters. The SMILES string of the molecule is NNC(=O)c1ccc(Oc2nc(Oc3ccc(C(=O)NN)cc3)nc(N(c3ccccc3)c3ccccc3)n2)cc1. The van der Waals surface area contributed by atoms with Crippen LogP contribution in [0.2, 0.25) is 0 Å². The average molecular weight is 549 g/mol. The second-order valence-corrected chi connectivity index (χ2v) is 8.41. The molecule has 0 fully saturated rings. The first-order chi connectivity index (χ1) is 20.0. The van der Waals surface area contributed by atoms with Crippen LogP contribution >= 0.6 is 0 Å². The summed E-state index contributed by atoms with van der Waals surface area (Å²) in [6.45, 7) is 0. The molecule has 1 heterocycles. The molecule has 1 aromatic heterocycles. The molecule has 0 bridgehead atoms. The fraction of sp³-hybridized carbons (Fsp3) is 0. The fourth-order valence-electron chi connectivity index (χ4n) is 3.78. The lowest BCUT2D eigenvalue weighted by molar-refractivity contribution is 0.0945. The van der Waals surface area contributed by atoms with E-state index in [1.54, 1.807) is 48.5 Å². The van der Waals surface area contributed by atoms with Crippen molar-refractivity contribution in [3.05, 3.63) is 120 Å². The predicted octanol–water partition coefficient (Wildman–Crippen LogP) is 4.13. The van der Waals surface area contributed by atoms with E-state index >= 15 is 0 Å².